The fourth-order valence-electron chi connectivity index (χ4n) is 2.02. The minimum atomic E-state index is -0.335. The molecule has 2 atom stereocenters. The lowest BCUT2D eigenvalue weighted by molar-refractivity contribution is 0.399. The first-order valence-corrected chi connectivity index (χ1v) is 6.29. The number of halogens is 1. The van der Waals surface area contributed by atoms with E-state index < -0.39 is 0 Å². The van der Waals surface area contributed by atoms with Crippen LogP contribution in [0.2, 0.25) is 5.02 Å². The largest absolute Gasteiger partial charge is 0.495 e. The van der Waals surface area contributed by atoms with Crippen molar-refractivity contribution < 1.29 is 4.74 Å². The van der Waals surface area contributed by atoms with Crippen molar-refractivity contribution in [3.05, 3.63) is 28.3 Å². The number of benzene rings is 1. The van der Waals surface area contributed by atoms with Crippen LogP contribution in [0.4, 0.5) is 0 Å². The number of methoxy groups -OCH3 is 1. The predicted octanol–water partition coefficient (Wildman–Crippen LogP) is 3.45. The van der Waals surface area contributed by atoms with Gasteiger partial charge in [-0.3, -0.25) is 0 Å². The molecule has 0 radical (unpaired) electrons. The van der Waals surface area contributed by atoms with Gasteiger partial charge in [-0.1, -0.05) is 25.4 Å². The van der Waals surface area contributed by atoms with Crippen molar-refractivity contribution in [1.82, 2.24) is 0 Å². The van der Waals surface area contributed by atoms with Crippen molar-refractivity contribution in [2.75, 3.05) is 7.11 Å². The number of nitrogens with two attached hydrogens (primary N) is 1. The number of hydrogen-bond acceptors (Lipinski definition) is 3. The van der Waals surface area contributed by atoms with Gasteiger partial charge in [-0.2, -0.15) is 5.26 Å². The van der Waals surface area contributed by atoms with Crippen molar-refractivity contribution in [3.63, 3.8) is 0 Å². The Morgan fingerprint density at radius 1 is 1.39 bits per heavy atom. The highest BCUT2D eigenvalue weighted by Crippen LogP contribution is 2.34. The van der Waals surface area contributed by atoms with E-state index in [2.05, 4.69) is 6.07 Å². The van der Waals surface area contributed by atoms with E-state index in [1.165, 1.54) is 0 Å². The van der Waals surface area contributed by atoms with Crippen molar-refractivity contribution >= 4 is 11.6 Å². The normalized spacial score (nSPS) is 14.1. The molecular weight excluding hydrogens is 248 g/mol. The molecule has 2 unspecified atom stereocenters. The van der Waals surface area contributed by atoms with Gasteiger partial charge in [-0.05, 0) is 36.1 Å². The minimum absolute atomic E-state index is 0.199. The van der Waals surface area contributed by atoms with Crippen LogP contribution < -0.4 is 10.5 Å². The molecule has 0 bridgehead atoms. The lowest BCUT2D eigenvalue weighted by Crippen LogP contribution is -2.25. The number of nitrogens with zero attached hydrogens (tertiary/aromatic N) is 1. The summed E-state index contributed by atoms with van der Waals surface area (Å²) in [4.78, 5) is 0. The van der Waals surface area contributed by atoms with Crippen molar-refractivity contribution in [3.8, 4) is 11.8 Å². The molecule has 0 aliphatic carbocycles. The van der Waals surface area contributed by atoms with Gasteiger partial charge in [0.2, 0.25) is 0 Å². The monoisotopic (exact) mass is 266 g/mol. The molecule has 0 heterocycles. The molecule has 0 spiro atoms. The van der Waals surface area contributed by atoms with E-state index in [0.29, 0.717) is 10.8 Å². The summed E-state index contributed by atoms with van der Waals surface area (Å²) in [6, 6.07) is 5.59. The highest BCUT2D eigenvalue weighted by atomic mass is 35.5. The number of nitriles is 1. The number of rotatable bonds is 4. The van der Waals surface area contributed by atoms with Crippen LogP contribution >= 0.6 is 11.6 Å². The zero-order chi connectivity index (χ0) is 13.9. The van der Waals surface area contributed by atoms with Gasteiger partial charge in [0.1, 0.15) is 5.75 Å². The summed E-state index contributed by atoms with van der Waals surface area (Å²) >= 11 is 6.11. The van der Waals surface area contributed by atoms with Gasteiger partial charge in [-0.15, -0.1) is 0 Å². The summed E-state index contributed by atoms with van der Waals surface area (Å²) in [6.45, 7) is 5.94. The molecule has 3 nitrogen and oxygen atoms in total. The van der Waals surface area contributed by atoms with E-state index in [0.717, 1.165) is 11.1 Å². The SMILES string of the molecule is COc1cc(C)c(C(N)C(C#N)C(C)C)cc1Cl. The zero-order valence-electron chi connectivity index (χ0n) is 11.2. The van der Waals surface area contributed by atoms with E-state index in [1.807, 2.05) is 26.8 Å². The van der Waals surface area contributed by atoms with Crippen LogP contribution in [0.25, 0.3) is 0 Å². The smallest absolute Gasteiger partial charge is 0.137 e. The molecule has 98 valence electrons. The summed E-state index contributed by atoms with van der Waals surface area (Å²) in [7, 11) is 1.58. The fourth-order valence-corrected chi connectivity index (χ4v) is 2.27. The first kappa shape index (κ1) is 14.8. The summed E-state index contributed by atoms with van der Waals surface area (Å²) in [5.74, 6) is 0.599. The quantitative estimate of drug-likeness (QED) is 0.908. The maximum absolute atomic E-state index is 9.20. The van der Waals surface area contributed by atoms with E-state index in [-0.39, 0.29) is 17.9 Å². The first-order chi connectivity index (χ1) is 8.42. The molecule has 0 aliphatic rings. The van der Waals surface area contributed by atoms with Crippen LogP contribution in [-0.4, -0.2) is 7.11 Å². The standard InChI is InChI=1S/C14H19ClN2O/c1-8(2)11(7-16)14(17)10-6-12(15)13(18-4)5-9(10)3/h5-6,8,11,14H,17H2,1-4H3. The van der Waals surface area contributed by atoms with Gasteiger partial charge < -0.3 is 10.5 Å². The Bertz CT molecular complexity index is 466. The van der Waals surface area contributed by atoms with Gasteiger partial charge in [0.25, 0.3) is 0 Å². The van der Waals surface area contributed by atoms with Crippen molar-refractivity contribution in [2.24, 2.45) is 17.6 Å². The molecule has 4 heteroatoms. The average molecular weight is 267 g/mol. The van der Waals surface area contributed by atoms with Gasteiger partial charge in [0.05, 0.1) is 24.1 Å². The Labute approximate surface area is 114 Å². The Morgan fingerprint density at radius 2 is 2.00 bits per heavy atom. The van der Waals surface area contributed by atoms with Gasteiger partial charge in [-0.25, -0.2) is 0 Å². The summed E-state index contributed by atoms with van der Waals surface area (Å²) in [5.41, 5.74) is 8.08. The van der Waals surface area contributed by atoms with E-state index >= 15 is 0 Å². The first-order valence-electron chi connectivity index (χ1n) is 5.91. The van der Waals surface area contributed by atoms with Crippen LogP contribution in [0.3, 0.4) is 0 Å². The second kappa shape index (κ2) is 6.08. The molecule has 1 rings (SSSR count). The molecule has 0 aromatic heterocycles. The molecule has 0 amide bonds. The van der Waals surface area contributed by atoms with E-state index in [9.17, 15) is 5.26 Å². The maximum atomic E-state index is 9.20. The van der Waals surface area contributed by atoms with Crippen LogP contribution in [0.5, 0.6) is 5.75 Å². The Hall–Kier alpha value is -1.24. The fraction of sp³-hybridized carbons (Fsp3) is 0.500. The van der Waals surface area contributed by atoms with Crippen LogP contribution in [0, 0.1) is 30.1 Å². The summed E-state index contributed by atoms with van der Waals surface area (Å²) < 4.78 is 5.16. The van der Waals surface area contributed by atoms with Crippen LogP contribution in [-0.2, 0) is 0 Å². The minimum Gasteiger partial charge on any atom is -0.495 e. The van der Waals surface area contributed by atoms with Crippen molar-refractivity contribution in [2.45, 2.75) is 26.8 Å². The zero-order valence-corrected chi connectivity index (χ0v) is 12.0. The third-order valence-electron chi connectivity index (χ3n) is 3.15. The average Bonchev–Trinajstić information content (AvgIpc) is 2.31. The lowest BCUT2D eigenvalue weighted by Gasteiger charge is -2.23. The maximum Gasteiger partial charge on any atom is 0.137 e. The Balaban J connectivity index is 3.18. The lowest BCUT2D eigenvalue weighted by atomic mass is 9.84. The van der Waals surface area contributed by atoms with Crippen molar-refractivity contribution in [1.29, 1.82) is 5.26 Å². The Morgan fingerprint density at radius 3 is 2.44 bits per heavy atom. The molecule has 0 saturated heterocycles. The molecule has 2 N–H and O–H groups in total. The molecule has 18 heavy (non-hydrogen) atoms. The van der Waals surface area contributed by atoms with Gasteiger partial charge in [0, 0.05) is 6.04 Å². The van der Waals surface area contributed by atoms with Crippen LogP contribution in [0.1, 0.15) is 31.0 Å². The molecule has 0 saturated carbocycles. The number of ether oxygens (including phenoxy) is 1. The topological polar surface area (TPSA) is 59.0 Å². The summed E-state index contributed by atoms with van der Waals surface area (Å²) in [6.07, 6.45) is 0. The predicted molar refractivity (Wildman–Crippen MR) is 73.6 cm³/mol. The van der Waals surface area contributed by atoms with E-state index in [4.69, 9.17) is 22.1 Å². The third kappa shape index (κ3) is 2.95. The summed E-state index contributed by atoms with van der Waals surface area (Å²) in [5, 5.41) is 9.72. The highest BCUT2D eigenvalue weighted by Gasteiger charge is 2.24. The van der Waals surface area contributed by atoms with Crippen LogP contribution in [0.15, 0.2) is 12.1 Å². The third-order valence-corrected chi connectivity index (χ3v) is 3.45. The second-order valence-electron chi connectivity index (χ2n) is 4.77. The molecule has 1 aromatic carbocycles. The van der Waals surface area contributed by atoms with Gasteiger partial charge in [0.15, 0.2) is 0 Å². The second-order valence-corrected chi connectivity index (χ2v) is 5.18. The number of hydrogen-bond donors (Lipinski definition) is 1. The number of aryl methyl sites for hydroxylation is 1. The van der Waals surface area contributed by atoms with Gasteiger partial charge >= 0.3 is 0 Å². The Kier molecular flexibility index (Phi) is 5.01. The molecule has 1 aromatic rings. The molecule has 0 aliphatic heterocycles. The molecular formula is C14H19ClN2O. The highest BCUT2D eigenvalue weighted by molar-refractivity contribution is 6.32. The van der Waals surface area contributed by atoms with E-state index in [1.54, 1.807) is 13.2 Å². The molecule has 0 fully saturated rings.